The third-order valence-corrected chi connectivity index (χ3v) is 7.61. The van der Waals surface area contributed by atoms with Crippen LogP contribution < -0.4 is 40.2 Å². The van der Waals surface area contributed by atoms with E-state index in [1.165, 1.54) is 43.5 Å². The second kappa shape index (κ2) is 15.7. The number of alkyl halides is 1. The van der Waals surface area contributed by atoms with Crippen molar-refractivity contribution in [2.45, 2.75) is 38.1 Å². The Kier molecular flexibility index (Phi) is 13.1. The predicted octanol–water partition coefficient (Wildman–Crippen LogP) is -3.20. The van der Waals surface area contributed by atoms with Crippen LogP contribution in [0.15, 0.2) is 34.8 Å². The minimum Gasteiger partial charge on any atom is -0.731 e. The number of hydrogen-bond acceptors (Lipinski definition) is 16. The van der Waals surface area contributed by atoms with Gasteiger partial charge in [-0.25, -0.2) is 27.3 Å². The number of carbonyl (C=O) groups excluding carboxylic acids is 5. The van der Waals surface area contributed by atoms with Gasteiger partial charge in [-0.1, -0.05) is 5.16 Å². The van der Waals surface area contributed by atoms with Crippen LogP contribution in [0.5, 0.6) is 0 Å². The van der Waals surface area contributed by atoms with Crippen molar-refractivity contribution in [1.29, 1.82) is 0 Å². The molecule has 1 aromatic heterocycles. The third kappa shape index (κ3) is 9.18. The largest absolute Gasteiger partial charge is 1.00 e. The molecular formula is C23H22ClN6NaO13S2. The number of methoxy groups -OCH3 is 1. The molecular weight excluding hydrogens is 691 g/mol. The maximum Gasteiger partial charge on any atom is 1.00 e. The van der Waals surface area contributed by atoms with Gasteiger partial charge in [-0.15, -0.1) is 22.9 Å². The van der Waals surface area contributed by atoms with Crippen molar-refractivity contribution in [3.63, 3.8) is 0 Å². The molecule has 0 radical (unpaired) electrons. The van der Waals surface area contributed by atoms with Crippen molar-refractivity contribution in [3.05, 3.63) is 51.0 Å². The van der Waals surface area contributed by atoms with Gasteiger partial charge in [-0.2, -0.15) is 0 Å². The molecule has 19 nitrogen and oxygen atoms in total. The van der Waals surface area contributed by atoms with E-state index in [-0.39, 0.29) is 57.0 Å². The van der Waals surface area contributed by atoms with Crippen molar-refractivity contribution in [3.8, 4) is 0 Å². The first kappa shape index (κ1) is 38.5. The molecule has 3 amide bonds. The zero-order valence-electron chi connectivity index (χ0n) is 24.2. The smallest absolute Gasteiger partial charge is 0.731 e. The molecule has 2 heterocycles. The molecule has 2 unspecified atom stereocenters. The predicted molar refractivity (Wildman–Crippen MR) is 150 cm³/mol. The van der Waals surface area contributed by atoms with E-state index in [0.29, 0.717) is 5.56 Å². The first-order valence-electron chi connectivity index (χ1n) is 12.2. The van der Waals surface area contributed by atoms with Gasteiger partial charge in [-0.3, -0.25) is 24.5 Å². The number of nitrogens with one attached hydrogen (secondary N) is 2. The summed E-state index contributed by atoms with van der Waals surface area (Å²) in [7, 11) is -4.60. The Morgan fingerprint density at radius 3 is 2.39 bits per heavy atom. The molecule has 242 valence electrons. The Bertz CT molecular complexity index is 1670. The fourth-order valence-electron chi connectivity index (χ4n) is 3.45. The molecule has 1 fully saturated rings. The number of amides is 3. The SMILES string of the molecule is COC(=O)C1C(NC(=O)C(=NOC(C)(C)C(=O)OCc2ccc([N+](=O)[O-])cc2)c2csc(NC(=O)CCl)n2)C(=O)N1S(=O)(=O)[O-].[Na+]. The van der Waals surface area contributed by atoms with Crippen LogP contribution in [0.2, 0.25) is 0 Å². The first-order valence-corrected chi connectivity index (χ1v) is 14.9. The minimum atomic E-state index is -5.46. The van der Waals surface area contributed by atoms with Crippen molar-refractivity contribution in [2.24, 2.45) is 5.16 Å². The van der Waals surface area contributed by atoms with E-state index in [1.807, 2.05) is 0 Å². The molecule has 1 saturated heterocycles. The molecule has 46 heavy (non-hydrogen) atoms. The number of benzene rings is 1. The van der Waals surface area contributed by atoms with E-state index < -0.39 is 74.2 Å². The summed E-state index contributed by atoms with van der Waals surface area (Å²) in [4.78, 5) is 81.8. The number of ether oxygens (including phenoxy) is 2. The molecule has 0 spiro atoms. The van der Waals surface area contributed by atoms with Gasteiger partial charge in [0.15, 0.2) is 27.2 Å². The standard InChI is InChI=1S/C23H23ClN6O13S2.Na/c1-23(2,21(35)42-9-11-4-6-12(7-5-11)30(36)37)43-28-15(13-10-44-22(25-13)26-14(31)8-24)18(32)27-16-17(20(34)41-3)29(19(16)33)45(38,39)40;/h4-7,10,16-17H,8-9H2,1-3H3,(H,27,32)(H,25,26,31)(H,38,39,40);/q;+1/p-1. The summed E-state index contributed by atoms with van der Waals surface area (Å²) < 4.78 is 43.8. The minimum absolute atomic E-state index is 0. The Balaban J connectivity index is 0.00000736. The Morgan fingerprint density at radius 1 is 1.22 bits per heavy atom. The van der Waals surface area contributed by atoms with E-state index in [2.05, 4.69) is 25.5 Å². The van der Waals surface area contributed by atoms with Crippen LogP contribution in [0.1, 0.15) is 25.1 Å². The molecule has 0 saturated carbocycles. The number of carbonyl (C=O) groups is 5. The van der Waals surface area contributed by atoms with E-state index in [1.54, 1.807) is 0 Å². The number of β-lactam (4-membered cyclic amide) rings is 1. The van der Waals surface area contributed by atoms with E-state index in [9.17, 15) is 47.1 Å². The molecule has 2 aromatic rings. The van der Waals surface area contributed by atoms with Crippen molar-refractivity contribution in [1.82, 2.24) is 14.6 Å². The zero-order chi connectivity index (χ0) is 33.7. The number of nitro groups is 1. The molecule has 2 atom stereocenters. The Labute approximate surface area is 290 Å². The molecule has 3 rings (SSSR count). The fourth-order valence-corrected chi connectivity index (χ4v) is 5.04. The van der Waals surface area contributed by atoms with Crippen molar-refractivity contribution < 1.29 is 85.7 Å². The van der Waals surface area contributed by atoms with Gasteiger partial charge in [0.1, 0.15) is 24.2 Å². The van der Waals surface area contributed by atoms with Crippen LogP contribution >= 0.6 is 22.9 Å². The quantitative estimate of drug-likeness (QED) is 0.0303. The van der Waals surface area contributed by atoms with Crippen LogP contribution in [-0.2, 0) is 55.2 Å². The number of nitrogens with zero attached hydrogens (tertiary/aromatic N) is 4. The van der Waals surface area contributed by atoms with E-state index in [0.717, 1.165) is 18.4 Å². The van der Waals surface area contributed by atoms with E-state index >= 15 is 0 Å². The number of hydrogen-bond donors (Lipinski definition) is 2. The molecule has 1 aliphatic rings. The topological polar surface area (TPSA) is 266 Å². The summed E-state index contributed by atoms with van der Waals surface area (Å²) >= 11 is 6.29. The number of halogens is 1. The fraction of sp³-hybridized carbons (Fsp3) is 0.348. The summed E-state index contributed by atoms with van der Waals surface area (Å²) in [6.45, 7) is 2.13. The molecule has 0 bridgehead atoms. The van der Waals surface area contributed by atoms with Crippen molar-refractivity contribution in [2.75, 3.05) is 18.3 Å². The van der Waals surface area contributed by atoms with Gasteiger partial charge < -0.3 is 29.5 Å². The van der Waals surface area contributed by atoms with Gasteiger partial charge in [0.05, 0.1) is 12.0 Å². The number of rotatable bonds is 13. The van der Waals surface area contributed by atoms with Crippen LogP contribution in [-0.4, -0.2) is 93.2 Å². The maximum atomic E-state index is 13.3. The van der Waals surface area contributed by atoms with E-state index in [4.69, 9.17) is 21.2 Å². The van der Waals surface area contributed by atoms with Crippen LogP contribution in [0.4, 0.5) is 10.8 Å². The number of oxime groups is 1. The molecule has 0 aliphatic carbocycles. The zero-order valence-corrected chi connectivity index (χ0v) is 28.6. The number of nitro benzene ring substituents is 1. The number of thiazole rings is 1. The molecule has 1 aromatic carbocycles. The normalized spacial score (nSPS) is 16.3. The number of aromatic nitrogens is 1. The summed E-state index contributed by atoms with van der Waals surface area (Å²) in [5.41, 5.74) is -2.64. The van der Waals surface area contributed by atoms with Gasteiger partial charge in [0, 0.05) is 17.5 Å². The maximum absolute atomic E-state index is 13.3. The van der Waals surface area contributed by atoms with Gasteiger partial charge >= 0.3 is 41.5 Å². The monoisotopic (exact) mass is 712 g/mol. The average molecular weight is 713 g/mol. The summed E-state index contributed by atoms with van der Waals surface area (Å²) in [5.74, 6) is -6.11. The summed E-state index contributed by atoms with van der Waals surface area (Å²) in [6.07, 6.45) is 0. The van der Waals surface area contributed by atoms with Gasteiger partial charge in [-0.05, 0) is 31.5 Å². The Morgan fingerprint density at radius 2 is 1.85 bits per heavy atom. The summed E-state index contributed by atoms with van der Waals surface area (Å²) in [6, 6.07) is 1.24. The van der Waals surface area contributed by atoms with Crippen LogP contribution in [0.3, 0.4) is 0 Å². The van der Waals surface area contributed by atoms with Gasteiger partial charge in [0.2, 0.25) is 11.5 Å². The van der Waals surface area contributed by atoms with Crippen LogP contribution in [0.25, 0.3) is 0 Å². The molecule has 1 aliphatic heterocycles. The van der Waals surface area contributed by atoms with Gasteiger partial charge in [0.25, 0.3) is 17.5 Å². The van der Waals surface area contributed by atoms with Crippen molar-refractivity contribution >= 4 is 79.4 Å². The second-order valence-electron chi connectivity index (χ2n) is 9.27. The number of non-ortho nitro benzene ring substituents is 1. The first-order chi connectivity index (χ1) is 21.0. The third-order valence-electron chi connectivity index (χ3n) is 5.73. The second-order valence-corrected chi connectivity index (χ2v) is 11.6. The average Bonchev–Trinajstić information content (AvgIpc) is 3.43. The molecule has 2 N–H and O–H groups in total. The number of anilines is 1. The Hall–Kier alpha value is -3.73. The number of esters is 2. The molecule has 23 heteroatoms. The summed E-state index contributed by atoms with van der Waals surface area (Å²) in [5, 5.41) is 20.1. The van der Waals surface area contributed by atoms with Crippen LogP contribution in [0, 0.1) is 10.1 Å².